The molecule has 1 aliphatic heterocycles. The molecule has 1 aliphatic rings. The Labute approximate surface area is 122 Å². The molecule has 0 saturated carbocycles. The maximum Gasteiger partial charge on any atom is 0.328 e. The van der Waals surface area contributed by atoms with Gasteiger partial charge in [0.25, 0.3) is 15.9 Å². The van der Waals surface area contributed by atoms with Crippen LogP contribution in [0.5, 0.6) is 0 Å². The molecule has 2 rings (SSSR count). The highest BCUT2D eigenvalue weighted by atomic mass is 32.2. The van der Waals surface area contributed by atoms with Crippen molar-refractivity contribution in [3.63, 3.8) is 0 Å². The van der Waals surface area contributed by atoms with E-state index in [0.29, 0.717) is 11.1 Å². The van der Waals surface area contributed by atoms with Crippen molar-refractivity contribution in [2.45, 2.75) is 25.5 Å². The Bertz CT molecular complexity index is 762. The minimum absolute atomic E-state index is 0.268. The number of carbonyl (C=O) groups excluding carboxylic acids is 1. The fourth-order valence-electron chi connectivity index (χ4n) is 2.04. The van der Waals surface area contributed by atoms with Crippen LogP contribution in [-0.4, -0.2) is 30.1 Å². The van der Waals surface area contributed by atoms with E-state index < -0.39 is 26.6 Å². The highest BCUT2D eigenvalue weighted by molar-refractivity contribution is 7.98. The quantitative estimate of drug-likeness (QED) is 0.855. The van der Waals surface area contributed by atoms with Crippen molar-refractivity contribution in [3.05, 3.63) is 35.4 Å². The number of benzene rings is 1. The molecular weight excluding hydrogens is 294 g/mol. The topological polar surface area (TPSA) is 91.8 Å². The molecule has 21 heavy (non-hydrogen) atoms. The smallest absolute Gasteiger partial charge is 0.328 e. The minimum Gasteiger partial charge on any atom is -0.478 e. The molecule has 1 aromatic rings. The third kappa shape index (κ3) is 2.23. The number of hydrogen-bond donors (Lipinski definition) is 1. The molecular formula is C14H15NO5S. The summed E-state index contributed by atoms with van der Waals surface area (Å²) in [7, 11) is -3.69. The lowest BCUT2D eigenvalue weighted by Crippen LogP contribution is -2.67. The third-order valence-corrected chi connectivity index (χ3v) is 5.80. The summed E-state index contributed by atoms with van der Waals surface area (Å²) in [5, 5.41) is 8.60. The van der Waals surface area contributed by atoms with Gasteiger partial charge in [-0.25, -0.2) is 17.5 Å². The van der Waals surface area contributed by atoms with Crippen LogP contribution in [0.15, 0.2) is 24.3 Å². The second-order valence-corrected chi connectivity index (χ2v) is 7.63. The van der Waals surface area contributed by atoms with Crippen LogP contribution in [0.25, 0.3) is 6.08 Å². The van der Waals surface area contributed by atoms with E-state index in [1.54, 1.807) is 19.1 Å². The van der Waals surface area contributed by atoms with Crippen molar-refractivity contribution in [3.8, 4) is 0 Å². The lowest BCUT2D eigenvalue weighted by atomic mass is 10.1. The molecule has 0 radical (unpaired) electrons. The first-order valence-electron chi connectivity index (χ1n) is 6.20. The Hall–Kier alpha value is -2.15. The summed E-state index contributed by atoms with van der Waals surface area (Å²) in [4.78, 5) is 22.5. The maximum atomic E-state index is 12.1. The number of nitrogens with zero attached hydrogens (tertiary/aromatic N) is 1. The Morgan fingerprint density at radius 2 is 1.95 bits per heavy atom. The Morgan fingerprint density at radius 1 is 1.33 bits per heavy atom. The molecule has 1 N–H and O–H groups in total. The molecule has 7 heteroatoms. The van der Waals surface area contributed by atoms with Crippen LogP contribution in [0.2, 0.25) is 0 Å². The van der Waals surface area contributed by atoms with Gasteiger partial charge in [-0.3, -0.25) is 4.79 Å². The average Bonchev–Trinajstić information content (AvgIpc) is 2.37. The number of aliphatic carboxylic acids is 1. The molecule has 0 spiro atoms. The van der Waals surface area contributed by atoms with Gasteiger partial charge in [0.05, 0.1) is 5.69 Å². The van der Waals surface area contributed by atoms with Gasteiger partial charge < -0.3 is 5.11 Å². The number of hydrogen-bond acceptors (Lipinski definition) is 4. The molecule has 1 heterocycles. The number of sulfonamides is 1. The van der Waals surface area contributed by atoms with Gasteiger partial charge >= 0.3 is 5.97 Å². The normalized spacial score (nSPS) is 19.6. The van der Waals surface area contributed by atoms with E-state index in [2.05, 4.69) is 0 Å². The molecule has 6 nitrogen and oxygen atoms in total. The number of aryl methyl sites for hydroxylation is 1. The lowest BCUT2D eigenvalue weighted by molar-refractivity contribution is -0.131. The van der Waals surface area contributed by atoms with Gasteiger partial charge in [-0.1, -0.05) is 6.07 Å². The summed E-state index contributed by atoms with van der Waals surface area (Å²) < 4.78 is 23.6. The van der Waals surface area contributed by atoms with E-state index in [-0.39, 0.29) is 5.69 Å². The van der Waals surface area contributed by atoms with E-state index in [1.165, 1.54) is 26.0 Å². The number of carboxylic acid groups (broad SMARTS) is 1. The minimum atomic E-state index is -3.69. The van der Waals surface area contributed by atoms with Crippen LogP contribution >= 0.6 is 0 Å². The van der Waals surface area contributed by atoms with Gasteiger partial charge in [0, 0.05) is 6.08 Å². The third-order valence-electron chi connectivity index (χ3n) is 3.48. The van der Waals surface area contributed by atoms with Crippen molar-refractivity contribution in [1.82, 2.24) is 0 Å². The lowest BCUT2D eigenvalue weighted by Gasteiger charge is -2.42. The number of rotatable bonds is 3. The van der Waals surface area contributed by atoms with Crippen molar-refractivity contribution in [2.75, 3.05) is 4.31 Å². The number of carbonyl (C=O) groups is 2. The van der Waals surface area contributed by atoms with E-state index in [0.717, 1.165) is 10.4 Å². The van der Waals surface area contributed by atoms with Gasteiger partial charge in [0.15, 0.2) is 4.75 Å². The van der Waals surface area contributed by atoms with E-state index in [4.69, 9.17) is 5.11 Å². The fourth-order valence-corrected chi connectivity index (χ4v) is 3.52. The Morgan fingerprint density at radius 3 is 2.43 bits per heavy atom. The molecule has 0 unspecified atom stereocenters. The Kier molecular flexibility index (Phi) is 3.41. The van der Waals surface area contributed by atoms with E-state index in [1.807, 2.05) is 0 Å². The van der Waals surface area contributed by atoms with E-state index >= 15 is 0 Å². The predicted molar refractivity (Wildman–Crippen MR) is 78.3 cm³/mol. The molecule has 1 saturated heterocycles. The summed E-state index contributed by atoms with van der Waals surface area (Å²) in [5.41, 5.74) is 1.59. The zero-order valence-electron chi connectivity index (χ0n) is 11.8. The van der Waals surface area contributed by atoms with Crippen molar-refractivity contribution in [1.29, 1.82) is 0 Å². The second-order valence-electron chi connectivity index (χ2n) is 5.30. The van der Waals surface area contributed by atoms with Gasteiger partial charge in [-0.2, -0.15) is 0 Å². The zero-order chi connectivity index (χ0) is 16.0. The highest BCUT2D eigenvalue weighted by Crippen LogP contribution is 2.39. The van der Waals surface area contributed by atoms with Crippen molar-refractivity contribution < 1.29 is 23.1 Å². The molecule has 0 aliphatic carbocycles. The summed E-state index contributed by atoms with van der Waals surface area (Å²) in [6, 6.07) is 4.61. The molecule has 1 amide bonds. The number of amides is 1. The molecule has 112 valence electrons. The molecule has 0 aromatic heterocycles. The van der Waals surface area contributed by atoms with Gasteiger partial charge in [0.2, 0.25) is 0 Å². The first-order valence-corrected chi connectivity index (χ1v) is 7.64. The zero-order valence-corrected chi connectivity index (χ0v) is 12.6. The molecule has 1 fully saturated rings. The predicted octanol–water partition coefficient (Wildman–Crippen LogP) is 1.55. The monoisotopic (exact) mass is 309 g/mol. The molecule has 0 atom stereocenters. The SMILES string of the molecule is Cc1cc(N2C(=O)C(C)(C)S2(=O)=O)ccc1C=CC(=O)O. The van der Waals surface area contributed by atoms with E-state index in [9.17, 15) is 18.0 Å². The standard InChI is InChI=1S/C14H15NO5S/c1-9-8-11(6-4-10(9)5-7-12(16)17)15-13(18)14(2,3)21(15,19)20/h4-8H,1-3H3,(H,16,17). The van der Waals surface area contributed by atoms with Crippen LogP contribution in [0.3, 0.4) is 0 Å². The van der Waals surface area contributed by atoms with Crippen LogP contribution in [-0.2, 0) is 19.6 Å². The first-order chi connectivity index (χ1) is 9.59. The van der Waals surface area contributed by atoms with Gasteiger partial charge in [-0.05, 0) is 50.1 Å². The second kappa shape index (κ2) is 4.70. The van der Waals surface area contributed by atoms with Crippen LogP contribution in [0, 0.1) is 6.92 Å². The average molecular weight is 309 g/mol. The summed E-state index contributed by atoms with van der Waals surface area (Å²) in [6.07, 6.45) is 2.41. The van der Waals surface area contributed by atoms with Crippen molar-refractivity contribution >= 4 is 33.7 Å². The van der Waals surface area contributed by atoms with Crippen LogP contribution < -0.4 is 4.31 Å². The summed E-state index contributed by atoms with van der Waals surface area (Å²) in [6.45, 7) is 4.46. The number of anilines is 1. The number of carboxylic acids is 1. The van der Waals surface area contributed by atoms with Crippen LogP contribution in [0.1, 0.15) is 25.0 Å². The fraction of sp³-hybridized carbons (Fsp3) is 0.286. The summed E-state index contributed by atoms with van der Waals surface area (Å²) >= 11 is 0. The first kappa shape index (κ1) is 15.2. The van der Waals surface area contributed by atoms with Gasteiger partial charge in [0.1, 0.15) is 0 Å². The highest BCUT2D eigenvalue weighted by Gasteiger charge is 2.60. The largest absolute Gasteiger partial charge is 0.478 e. The van der Waals surface area contributed by atoms with Crippen molar-refractivity contribution in [2.24, 2.45) is 0 Å². The molecule has 0 bridgehead atoms. The maximum absolute atomic E-state index is 12.1. The Balaban J connectivity index is 2.39. The summed E-state index contributed by atoms with van der Waals surface area (Å²) in [5.74, 6) is -1.54. The van der Waals surface area contributed by atoms with Gasteiger partial charge in [-0.15, -0.1) is 0 Å². The molecule has 1 aromatic carbocycles. The van der Waals surface area contributed by atoms with Crippen LogP contribution in [0.4, 0.5) is 5.69 Å².